The summed E-state index contributed by atoms with van der Waals surface area (Å²) < 4.78 is 4.77. The van der Waals surface area contributed by atoms with Crippen molar-refractivity contribution in [2.24, 2.45) is 0 Å². The Morgan fingerprint density at radius 2 is 1.65 bits per heavy atom. The number of hydrogen-bond donors (Lipinski definition) is 1. The largest absolute Gasteiger partial charge is 0.467 e. The SMILES string of the molecule is COC(=O)C(Cc1ccccc1)NC(=O)C=Cc1ccccc1. The molecule has 4 nitrogen and oxygen atoms in total. The van der Waals surface area contributed by atoms with Crippen molar-refractivity contribution in [3.05, 3.63) is 77.9 Å². The Bertz CT molecular complexity index is 666. The zero-order valence-electron chi connectivity index (χ0n) is 12.9. The molecular weight excluding hydrogens is 290 g/mol. The molecule has 0 aliphatic heterocycles. The van der Waals surface area contributed by atoms with Crippen molar-refractivity contribution in [1.82, 2.24) is 5.32 Å². The number of carbonyl (C=O) groups excluding carboxylic acids is 2. The minimum atomic E-state index is -0.713. The molecule has 4 heteroatoms. The van der Waals surface area contributed by atoms with E-state index in [2.05, 4.69) is 5.32 Å². The molecule has 2 aromatic rings. The second kappa shape index (κ2) is 8.54. The highest BCUT2D eigenvalue weighted by Gasteiger charge is 2.20. The molecule has 0 aliphatic rings. The molecule has 1 unspecified atom stereocenters. The predicted molar refractivity (Wildman–Crippen MR) is 89.6 cm³/mol. The van der Waals surface area contributed by atoms with Gasteiger partial charge >= 0.3 is 5.97 Å². The van der Waals surface area contributed by atoms with Gasteiger partial charge in [0.2, 0.25) is 5.91 Å². The fourth-order valence-corrected chi connectivity index (χ4v) is 2.14. The van der Waals surface area contributed by atoms with E-state index in [-0.39, 0.29) is 5.91 Å². The number of methoxy groups -OCH3 is 1. The summed E-state index contributed by atoms with van der Waals surface area (Å²) in [7, 11) is 1.31. The van der Waals surface area contributed by atoms with Gasteiger partial charge in [-0.1, -0.05) is 60.7 Å². The quantitative estimate of drug-likeness (QED) is 0.659. The molecule has 118 valence electrons. The van der Waals surface area contributed by atoms with E-state index in [1.165, 1.54) is 13.2 Å². The number of esters is 1. The molecule has 2 aromatic carbocycles. The highest BCUT2D eigenvalue weighted by Crippen LogP contribution is 2.05. The molecule has 0 heterocycles. The van der Waals surface area contributed by atoms with Crippen molar-refractivity contribution < 1.29 is 14.3 Å². The summed E-state index contributed by atoms with van der Waals surface area (Å²) in [5.74, 6) is -0.796. The highest BCUT2D eigenvalue weighted by molar-refractivity contribution is 5.94. The van der Waals surface area contributed by atoms with Gasteiger partial charge in [0.25, 0.3) is 0 Å². The molecule has 0 saturated heterocycles. The summed E-state index contributed by atoms with van der Waals surface area (Å²) in [6, 6.07) is 18.3. The first-order valence-electron chi connectivity index (χ1n) is 7.34. The van der Waals surface area contributed by atoms with E-state index in [0.29, 0.717) is 6.42 Å². The van der Waals surface area contributed by atoms with Crippen LogP contribution in [0.1, 0.15) is 11.1 Å². The Labute approximate surface area is 135 Å². The molecule has 23 heavy (non-hydrogen) atoms. The Kier molecular flexibility index (Phi) is 6.12. The fourth-order valence-electron chi connectivity index (χ4n) is 2.14. The van der Waals surface area contributed by atoms with E-state index in [9.17, 15) is 9.59 Å². The first kappa shape index (κ1) is 16.5. The van der Waals surface area contributed by atoms with Crippen LogP contribution in [0.3, 0.4) is 0 Å². The van der Waals surface area contributed by atoms with Crippen LogP contribution in [0.4, 0.5) is 0 Å². The average molecular weight is 309 g/mol. The standard InChI is InChI=1S/C19H19NO3/c1-23-19(22)17(14-16-10-6-3-7-11-16)20-18(21)13-12-15-8-4-2-5-9-15/h2-13,17H,14H2,1H3,(H,20,21). The second-order valence-electron chi connectivity index (χ2n) is 5.02. The number of hydrogen-bond acceptors (Lipinski definition) is 3. The summed E-state index contributed by atoms with van der Waals surface area (Å²) >= 11 is 0. The van der Waals surface area contributed by atoms with Gasteiger partial charge in [-0.3, -0.25) is 4.79 Å². The smallest absolute Gasteiger partial charge is 0.328 e. The van der Waals surface area contributed by atoms with Crippen molar-refractivity contribution >= 4 is 18.0 Å². The van der Waals surface area contributed by atoms with Crippen LogP contribution in [0, 0.1) is 0 Å². The Hall–Kier alpha value is -2.88. The number of benzene rings is 2. The second-order valence-corrected chi connectivity index (χ2v) is 5.02. The van der Waals surface area contributed by atoms with E-state index in [0.717, 1.165) is 11.1 Å². The average Bonchev–Trinajstić information content (AvgIpc) is 2.60. The maximum Gasteiger partial charge on any atom is 0.328 e. The molecule has 0 aromatic heterocycles. The van der Waals surface area contributed by atoms with Crippen LogP contribution in [0.25, 0.3) is 6.08 Å². The lowest BCUT2D eigenvalue weighted by Crippen LogP contribution is -2.42. The third kappa shape index (κ3) is 5.43. The van der Waals surface area contributed by atoms with E-state index in [1.54, 1.807) is 6.08 Å². The summed E-state index contributed by atoms with van der Waals surface area (Å²) in [4.78, 5) is 23.9. The topological polar surface area (TPSA) is 55.4 Å². The Balaban J connectivity index is 2.01. The number of rotatable bonds is 6. The fraction of sp³-hybridized carbons (Fsp3) is 0.158. The van der Waals surface area contributed by atoms with Crippen LogP contribution in [0.15, 0.2) is 66.7 Å². The van der Waals surface area contributed by atoms with E-state index >= 15 is 0 Å². The maximum absolute atomic E-state index is 12.0. The van der Waals surface area contributed by atoms with Crippen LogP contribution < -0.4 is 5.32 Å². The Morgan fingerprint density at radius 1 is 1.04 bits per heavy atom. The van der Waals surface area contributed by atoms with Crippen LogP contribution in [0.2, 0.25) is 0 Å². The minimum absolute atomic E-state index is 0.333. The minimum Gasteiger partial charge on any atom is -0.467 e. The van der Waals surface area contributed by atoms with Crippen molar-refractivity contribution in [2.45, 2.75) is 12.5 Å². The maximum atomic E-state index is 12.0. The van der Waals surface area contributed by atoms with E-state index in [1.807, 2.05) is 60.7 Å². The highest BCUT2D eigenvalue weighted by atomic mass is 16.5. The monoisotopic (exact) mass is 309 g/mol. The van der Waals surface area contributed by atoms with Crippen molar-refractivity contribution in [3.8, 4) is 0 Å². The molecule has 0 aliphatic carbocycles. The number of nitrogens with one attached hydrogen (secondary N) is 1. The molecule has 0 bridgehead atoms. The van der Waals surface area contributed by atoms with Crippen LogP contribution in [-0.4, -0.2) is 25.0 Å². The molecule has 2 rings (SSSR count). The molecule has 1 atom stereocenters. The van der Waals surface area contributed by atoms with Gasteiger partial charge in [-0.15, -0.1) is 0 Å². The van der Waals surface area contributed by atoms with Crippen molar-refractivity contribution in [1.29, 1.82) is 0 Å². The van der Waals surface area contributed by atoms with E-state index in [4.69, 9.17) is 4.74 Å². The van der Waals surface area contributed by atoms with Gasteiger partial charge < -0.3 is 10.1 Å². The summed E-state index contributed by atoms with van der Waals surface area (Å²) in [5, 5.41) is 2.69. The number of ether oxygens (including phenoxy) is 1. The molecule has 0 radical (unpaired) electrons. The lowest BCUT2D eigenvalue weighted by atomic mass is 10.1. The third-order valence-electron chi connectivity index (χ3n) is 3.31. The zero-order valence-corrected chi connectivity index (χ0v) is 12.9. The summed E-state index contributed by atoms with van der Waals surface area (Å²) in [6.45, 7) is 0. The first-order chi connectivity index (χ1) is 11.2. The van der Waals surface area contributed by atoms with Gasteiger partial charge in [-0.05, 0) is 17.2 Å². The summed E-state index contributed by atoms with van der Waals surface area (Å²) in [5.41, 5.74) is 1.87. The molecule has 1 amide bonds. The van der Waals surface area contributed by atoms with Gasteiger partial charge in [0.15, 0.2) is 0 Å². The van der Waals surface area contributed by atoms with Gasteiger partial charge in [0.05, 0.1) is 7.11 Å². The van der Waals surface area contributed by atoms with Crippen LogP contribution >= 0.6 is 0 Å². The lowest BCUT2D eigenvalue weighted by Gasteiger charge is -2.15. The lowest BCUT2D eigenvalue weighted by molar-refractivity contribution is -0.144. The number of amides is 1. The van der Waals surface area contributed by atoms with Crippen molar-refractivity contribution in [3.63, 3.8) is 0 Å². The van der Waals surface area contributed by atoms with Crippen LogP contribution in [-0.2, 0) is 20.7 Å². The summed E-state index contributed by atoms with van der Waals surface area (Å²) in [6.07, 6.45) is 3.50. The molecular formula is C19H19NO3. The van der Waals surface area contributed by atoms with Crippen molar-refractivity contribution in [2.75, 3.05) is 7.11 Å². The molecule has 0 saturated carbocycles. The molecule has 0 spiro atoms. The zero-order chi connectivity index (χ0) is 16.5. The molecule has 1 N–H and O–H groups in total. The third-order valence-corrected chi connectivity index (χ3v) is 3.31. The molecule has 0 fully saturated rings. The van der Waals surface area contributed by atoms with Gasteiger partial charge in [0, 0.05) is 12.5 Å². The predicted octanol–water partition coefficient (Wildman–Crippen LogP) is 2.60. The van der Waals surface area contributed by atoms with Gasteiger partial charge in [0.1, 0.15) is 6.04 Å². The Morgan fingerprint density at radius 3 is 2.26 bits per heavy atom. The van der Waals surface area contributed by atoms with Crippen LogP contribution in [0.5, 0.6) is 0 Å². The van der Waals surface area contributed by atoms with E-state index < -0.39 is 12.0 Å². The van der Waals surface area contributed by atoms with Gasteiger partial charge in [-0.25, -0.2) is 4.79 Å². The number of carbonyl (C=O) groups is 2. The van der Waals surface area contributed by atoms with Gasteiger partial charge in [-0.2, -0.15) is 0 Å². The first-order valence-corrected chi connectivity index (χ1v) is 7.34. The normalized spacial score (nSPS) is 11.9.